The van der Waals surface area contributed by atoms with Crippen LogP contribution in [0.15, 0.2) is 72.8 Å². The minimum absolute atomic E-state index is 0.0399. The van der Waals surface area contributed by atoms with Gasteiger partial charge in [0.25, 0.3) is 0 Å². The Bertz CT molecular complexity index is 1880. The lowest BCUT2D eigenvalue weighted by atomic mass is 9.81. The lowest BCUT2D eigenvalue weighted by Gasteiger charge is -2.52. The van der Waals surface area contributed by atoms with E-state index in [-0.39, 0.29) is 53.9 Å². The molecule has 4 aliphatic heterocycles. The molecule has 0 spiro atoms. The van der Waals surface area contributed by atoms with E-state index in [9.17, 15) is 0 Å². The zero-order chi connectivity index (χ0) is 44.8. The molecular weight excluding hydrogens is 875 g/mol. The van der Waals surface area contributed by atoms with Crippen LogP contribution < -0.4 is 0 Å². The first-order valence-corrected chi connectivity index (χ1v) is 27.4. The summed E-state index contributed by atoms with van der Waals surface area (Å²) in [5, 5.41) is 1.56. The third kappa shape index (κ3) is 12.7. The zero-order valence-electron chi connectivity index (χ0n) is 38.6. The van der Waals surface area contributed by atoms with Gasteiger partial charge in [0.1, 0.15) is 6.10 Å². The minimum Gasteiger partial charge on any atom is -0.409 e. The van der Waals surface area contributed by atoms with Gasteiger partial charge in [0.05, 0.1) is 73.8 Å². The van der Waals surface area contributed by atoms with Crippen molar-refractivity contribution in [3.63, 3.8) is 0 Å². The molecule has 8 nitrogen and oxygen atoms in total. The molecule has 7 rings (SSSR count). The van der Waals surface area contributed by atoms with Gasteiger partial charge in [-0.25, -0.2) is 0 Å². The van der Waals surface area contributed by atoms with Crippen molar-refractivity contribution in [2.75, 3.05) is 13.2 Å². The second-order valence-corrected chi connectivity index (χ2v) is 26.3. The summed E-state index contributed by atoms with van der Waals surface area (Å²) < 4.78 is 55.2. The summed E-state index contributed by atoms with van der Waals surface area (Å²) in [6.07, 6.45) is 7.32. The van der Waals surface area contributed by atoms with Crippen LogP contribution >= 0.6 is 34.8 Å². The fraction of sp³-hybridized carbons (Fsp3) is 0.647. The van der Waals surface area contributed by atoms with Crippen molar-refractivity contribution in [2.24, 2.45) is 0 Å². The highest BCUT2D eigenvalue weighted by Gasteiger charge is 2.56. The number of rotatable bonds is 17. The zero-order valence-corrected chi connectivity index (χ0v) is 41.8. The van der Waals surface area contributed by atoms with Crippen molar-refractivity contribution in [1.82, 2.24) is 0 Å². The molecule has 3 aromatic carbocycles. The van der Waals surface area contributed by atoms with Gasteiger partial charge in [-0.3, -0.25) is 0 Å². The van der Waals surface area contributed by atoms with Crippen LogP contribution in [-0.4, -0.2) is 81.6 Å². The van der Waals surface area contributed by atoms with Crippen LogP contribution in [0, 0.1) is 0 Å². The molecule has 4 aliphatic rings. The molecule has 0 bridgehead atoms. The summed E-state index contributed by atoms with van der Waals surface area (Å²) >= 11 is 19.1. The molecule has 4 fully saturated rings. The summed E-state index contributed by atoms with van der Waals surface area (Å²) in [6.45, 7) is 18.8. The largest absolute Gasteiger partial charge is 0.409 e. The van der Waals surface area contributed by atoms with Gasteiger partial charge in [-0.05, 0) is 107 Å². The number of benzene rings is 3. The first-order chi connectivity index (χ1) is 30.0. The highest BCUT2D eigenvalue weighted by molar-refractivity contribution is 6.74. The van der Waals surface area contributed by atoms with Crippen molar-refractivity contribution in [2.45, 2.75) is 197 Å². The maximum atomic E-state index is 7.38. The summed E-state index contributed by atoms with van der Waals surface area (Å²) in [4.78, 5) is 0. The Morgan fingerprint density at radius 3 is 1.98 bits per heavy atom. The second kappa shape index (κ2) is 21.6. The van der Waals surface area contributed by atoms with Gasteiger partial charge in [0.15, 0.2) is 8.32 Å². The van der Waals surface area contributed by atoms with E-state index in [2.05, 4.69) is 96.2 Å². The molecule has 0 amide bonds. The van der Waals surface area contributed by atoms with Crippen LogP contribution in [0.25, 0.3) is 0 Å². The summed E-state index contributed by atoms with van der Waals surface area (Å²) in [5.74, 6) is 0. The molecule has 0 aromatic heterocycles. The van der Waals surface area contributed by atoms with E-state index < -0.39 is 19.5 Å². The molecule has 12 heteroatoms. The third-order valence-electron chi connectivity index (χ3n) is 14.4. The Kier molecular flexibility index (Phi) is 16.9. The van der Waals surface area contributed by atoms with Crippen LogP contribution in [0.4, 0.5) is 0 Å². The normalized spacial score (nSPS) is 31.3. The first kappa shape index (κ1) is 49.3. The van der Waals surface area contributed by atoms with Crippen molar-refractivity contribution >= 4 is 43.1 Å². The van der Waals surface area contributed by atoms with Crippen molar-refractivity contribution < 1.29 is 37.6 Å². The molecule has 0 radical (unpaired) electrons. The number of hydrogen-bond acceptors (Lipinski definition) is 8. The Morgan fingerprint density at radius 1 is 0.714 bits per heavy atom. The Morgan fingerprint density at radius 2 is 1.32 bits per heavy atom. The standard InChI is InChI=1S/C51H71Cl3O8Si/c1-49(2,3)63(6,7)62-51(5)25-23-43-42(59-46(51)21-15-27-56-34-39-40(53)28-37(52)29-41(39)54)22-24-50(4)47(60-43)31-45-48(61-50)44(57-33-36-18-12-9-13-19-36)30-38(58-45)20-14-26-55-32-35-16-10-8-11-17-35/h8-13,16-19,28-29,38,42-48H,14-15,20-27,30-34H2,1-7H3/t38-,42+,43-,44+,45-,46-,47+,48+,50-,51+/m1/s1. The Labute approximate surface area is 393 Å². The molecule has 3 aromatic rings. The quantitative estimate of drug-likeness (QED) is 0.0979. The van der Waals surface area contributed by atoms with E-state index in [1.54, 1.807) is 12.1 Å². The van der Waals surface area contributed by atoms with E-state index in [0.717, 1.165) is 75.3 Å². The fourth-order valence-electron chi connectivity index (χ4n) is 9.67. The van der Waals surface area contributed by atoms with Gasteiger partial charge in [0.2, 0.25) is 0 Å². The van der Waals surface area contributed by atoms with Gasteiger partial charge < -0.3 is 37.6 Å². The molecule has 348 valence electrons. The third-order valence-corrected chi connectivity index (χ3v) is 19.9. The number of hydrogen-bond donors (Lipinski definition) is 0. The van der Waals surface area contributed by atoms with Crippen LogP contribution in [0.3, 0.4) is 0 Å². The lowest BCUT2D eigenvalue weighted by Crippen LogP contribution is -2.62. The smallest absolute Gasteiger partial charge is 0.192 e. The van der Waals surface area contributed by atoms with Crippen molar-refractivity contribution in [1.29, 1.82) is 0 Å². The Hall–Kier alpha value is -1.57. The predicted octanol–water partition coefficient (Wildman–Crippen LogP) is 13.1. The molecule has 63 heavy (non-hydrogen) atoms. The SMILES string of the molecule is CC(C)(C)[Si](C)(C)O[C@@]1(C)CC[C@H]2O[C@H]3C[C@H]4O[C@H](CCCOCc5ccccc5)C[C@H](OCc5ccccc5)[C@@H]4O[C@]3(C)CC[C@@H]2O[C@@H]1CCCOCc1c(Cl)cc(Cl)cc1Cl. The molecular formula is C51H71Cl3O8Si. The maximum Gasteiger partial charge on any atom is 0.192 e. The summed E-state index contributed by atoms with van der Waals surface area (Å²) in [6, 6.07) is 24.2. The Balaban J connectivity index is 1.03. The van der Waals surface area contributed by atoms with Crippen molar-refractivity contribution in [3.8, 4) is 0 Å². The van der Waals surface area contributed by atoms with E-state index in [1.165, 1.54) is 5.56 Å². The summed E-state index contributed by atoms with van der Waals surface area (Å²) in [5.41, 5.74) is 2.08. The molecule has 0 aliphatic carbocycles. The predicted molar refractivity (Wildman–Crippen MR) is 254 cm³/mol. The maximum absolute atomic E-state index is 7.38. The first-order valence-electron chi connectivity index (χ1n) is 23.3. The molecule has 0 N–H and O–H groups in total. The van der Waals surface area contributed by atoms with Gasteiger partial charge in [-0.15, -0.1) is 0 Å². The lowest BCUT2D eigenvalue weighted by molar-refractivity contribution is -0.298. The number of halogens is 3. The van der Waals surface area contributed by atoms with Crippen LogP contribution in [-0.2, 0) is 57.4 Å². The van der Waals surface area contributed by atoms with E-state index in [4.69, 9.17) is 72.4 Å². The monoisotopic (exact) mass is 944 g/mol. The van der Waals surface area contributed by atoms with E-state index >= 15 is 0 Å². The van der Waals surface area contributed by atoms with Crippen molar-refractivity contribution in [3.05, 3.63) is 105 Å². The average molecular weight is 947 g/mol. The molecule has 0 unspecified atom stereocenters. The fourth-order valence-corrected chi connectivity index (χ4v) is 12.3. The van der Waals surface area contributed by atoms with E-state index in [0.29, 0.717) is 48.1 Å². The molecule has 10 atom stereocenters. The highest BCUT2D eigenvalue weighted by Crippen LogP contribution is 2.49. The second-order valence-electron chi connectivity index (χ2n) is 20.3. The molecule has 0 saturated carbocycles. The molecule has 4 saturated heterocycles. The van der Waals surface area contributed by atoms with E-state index in [1.807, 2.05) is 12.1 Å². The number of ether oxygens (including phenoxy) is 7. The summed E-state index contributed by atoms with van der Waals surface area (Å²) in [7, 11) is -2.18. The van der Waals surface area contributed by atoms with Gasteiger partial charge >= 0.3 is 0 Å². The average Bonchev–Trinajstić information content (AvgIpc) is 3.44. The van der Waals surface area contributed by atoms with Crippen LogP contribution in [0.5, 0.6) is 0 Å². The van der Waals surface area contributed by atoms with Gasteiger partial charge in [-0.1, -0.05) is 116 Å². The van der Waals surface area contributed by atoms with Crippen LogP contribution in [0.1, 0.15) is 116 Å². The van der Waals surface area contributed by atoms with Gasteiger partial charge in [0, 0.05) is 46.7 Å². The molecule has 4 heterocycles. The minimum atomic E-state index is -2.18. The topological polar surface area (TPSA) is 73.8 Å². The van der Waals surface area contributed by atoms with Gasteiger partial charge in [-0.2, -0.15) is 0 Å². The number of fused-ring (bicyclic) bond motifs is 3. The highest BCUT2D eigenvalue weighted by atomic mass is 35.5. The van der Waals surface area contributed by atoms with Crippen LogP contribution in [0.2, 0.25) is 33.2 Å².